The van der Waals surface area contributed by atoms with Crippen LogP contribution >= 0.6 is 11.6 Å². The van der Waals surface area contributed by atoms with E-state index < -0.39 is 16.9 Å². The van der Waals surface area contributed by atoms with Gasteiger partial charge in [0, 0.05) is 24.2 Å². The van der Waals surface area contributed by atoms with Gasteiger partial charge >= 0.3 is 6.03 Å². The number of nitrogens with two attached hydrogens (primary N) is 1. The van der Waals surface area contributed by atoms with E-state index in [9.17, 15) is 19.7 Å². The number of benzene rings is 1. The molecule has 102 valence electrons. The molecule has 1 rings (SSSR count). The van der Waals surface area contributed by atoms with Gasteiger partial charge < -0.3 is 16.4 Å². The standard InChI is InChI=1S/C10H11ClN4O4/c11-6-1-2-8(15(18)19)7(5-6)9(16)13-3-4-14-10(12)17/h1-2,5H,3-4H2,(H,13,16)(H3,12,14,17). The number of nitrogens with zero attached hydrogens (tertiary/aromatic N) is 1. The summed E-state index contributed by atoms with van der Waals surface area (Å²) in [6.07, 6.45) is 0. The van der Waals surface area contributed by atoms with Gasteiger partial charge in [0.25, 0.3) is 11.6 Å². The van der Waals surface area contributed by atoms with Crippen LogP contribution in [-0.2, 0) is 0 Å². The zero-order valence-corrected chi connectivity index (χ0v) is 10.4. The number of carbonyl (C=O) groups excluding carboxylic acids is 2. The summed E-state index contributed by atoms with van der Waals surface area (Å²) in [5, 5.41) is 15.6. The molecule has 4 N–H and O–H groups in total. The number of amides is 3. The highest BCUT2D eigenvalue weighted by Gasteiger charge is 2.19. The number of rotatable bonds is 5. The first-order valence-electron chi connectivity index (χ1n) is 5.17. The molecule has 0 heterocycles. The molecule has 9 heteroatoms. The number of halogens is 1. The fourth-order valence-electron chi connectivity index (χ4n) is 1.31. The summed E-state index contributed by atoms with van der Waals surface area (Å²) in [5.74, 6) is -0.652. The second-order valence-corrected chi connectivity index (χ2v) is 3.90. The highest BCUT2D eigenvalue weighted by atomic mass is 35.5. The van der Waals surface area contributed by atoms with E-state index in [0.717, 1.165) is 6.07 Å². The molecule has 0 aliphatic heterocycles. The maximum absolute atomic E-state index is 11.7. The Bertz CT molecular complexity index is 520. The molecule has 0 bridgehead atoms. The Hall–Kier alpha value is -2.35. The quantitative estimate of drug-likeness (QED) is 0.417. The average Bonchev–Trinajstić information content (AvgIpc) is 2.33. The Labute approximate surface area is 113 Å². The monoisotopic (exact) mass is 286 g/mol. The number of hydrogen-bond acceptors (Lipinski definition) is 4. The Morgan fingerprint density at radius 3 is 2.53 bits per heavy atom. The number of hydrogen-bond donors (Lipinski definition) is 3. The van der Waals surface area contributed by atoms with Crippen molar-refractivity contribution in [2.45, 2.75) is 0 Å². The van der Waals surface area contributed by atoms with Crippen LogP contribution in [0.4, 0.5) is 10.5 Å². The molecule has 3 amide bonds. The van der Waals surface area contributed by atoms with Crippen molar-refractivity contribution < 1.29 is 14.5 Å². The highest BCUT2D eigenvalue weighted by molar-refractivity contribution is 6.31. The van der Waals surface area contributed by atoms with Crippen LogP contribution < -0.4 is 16.4 Å². The molecule has 0 atom stereocenters. The normalized spacial score (nSPS) is 9.74. The van der Waals surface area contributed by atoms with E-state index in [1.807, 2.05) is 0 Å². The van der Waals surface area contributed by atoms with Gasteiger partial charge in [-0.25, -0.2) is 4.79 Å². The summed E-state index contributed by atoms with van der Waals surface area (Å²) < 4.78 is 0. The lowest BCUT2D eigenvalue weighted by molar-refractivity contribution is -0.385. The van der Waals surface area contributed by atoms with Crippen LogP contribution in [0.1, 0.15) is 10.4 Å². The van der Waals surface area contributed by atoms with Gasteiger partial charge in [-0.2, -0.15) is 0 Å². The van der Waals surface area contributed by atoms with Crippen molar-refractivity contribution in [2.24, 2.45) is 5.73 Å². The molecule has 0 aliphatic rings. The van der Waals surface area contributed by atoms with E-state index in [-0.39, 0.29) is 29.4 Å². The van der Waals surface area contributed by atoms with Crippen molar-refractivity contribution in [3.63, 3.8) is 0 Å². The summed E-state index contributed by atoms with van der Waals surface area (Å²) in [4.78, 5) is 32.2. The molecule has 0 spiro atoms. The van der Waals surface area contributed by atoms with Crippen molar-refractivity contribution in [2.75, 3.05) is 13.1 Å². The fraction of sp³-hybridized carbons (Fsp3) is 0.200. The van der Waals surface area contributed by atoms with E-state index in [1.54, 1.807) is 0 Å². The molecule has 0 fully saturated rings. The molecule has 0 radical (unpaired) electrons. The summed E-state index contributed by atoms with van der Waals surface area (Å²) in [6, 6.07) is 2.96. The summed E-state index contributed by atoms with van der Waals surface area (Å²) in [5.41, 5.74) is 4.35. The number of urea groups is 1. The molecule has 19 heavy (non-hydrogen) atoms. The van der Waals surface area contributed by atoms with Gasteiger partial charge in [-0.05, 0) is 12.1 Å². The van der Waals surface area contributed by atoms with Crippen molar-refractivity contribution in [1.29, 1.82) is 0 Å². The van der Waals surface area contributed by atoms with E-state index >= 15 is 0 Å². The fourth-order valence-corrected chi connectivity index (χ4v) is 1.48. The number of primary amides is 1. The molecular weight excluding hydrogens is 276 g/mol. The predicted octanol–water partition coefficient (Wildman–Crippen LogP) is 0.646. The van der Waals surface area contributed by atoms with E-state index in [1.165, 1.54) is 12.1 Å². The minimum Gasteiger partial charge on any atom is -0.352 e. The lowest BCUT2D eigenvalue weighted by Gasteiger charge is -2.06. The first-order valence-corrected chi connectivity index (χ1v) is 5.55. The summed E-state index contributed by atoms with van der Waals surface area (Å²) in [6.45, 7) is 0.209. The first kappa shape index (κ1) is 14.7. The minimum atomic E-state index is -0.719. The van der Waals surface area contributed by atoms with Crippen molar-refractivity contribution in [3.8, 4) is 0 Å². The maximum Gasteiger partial charge on any atom is 0.312 e. The van der Waals surface area contributed by atoms with E-state index in [0.29, 0.717) is 0 Å². The lowest BCUT2D eigenvalue weighted by Crippen LogP contribution is -2.37. The predicted molar refractivity (Wildman–Crippen MR) is 68.0 cm³/mol. The van der Waals surface area contributed by atoms with Gasteiger partial charge in [-0.1, -0.05) is 11.6 Å². The van der Waals surface area contributed by atoms with Gasteiger partial charge in [0.1, 0.15) is 5.56 Å². The average molecular weight is 287 g/mol. The first-order chi connectivity index (χ1) is 8.91. The van der Waals surface area contributed by atoms with Gasteiger partial charge in [0.15, 0.2) is 0 Å². The molecule has 8 nitrogen and oxygen atoms in total. The third kappa shape index (κ3) is 4.43. The SMILES string of the molecule is NC(=O)NCCNC(=O)c1cc(Cl)ccc1[N+](=O)[O-]. The Kier molecular flexibility index (Phi) is 5.07. The van der Waals surface area contributed by atoms with E-state index in [4.69, 9.17) is 17.3 Å². The van der Waals surface area contributed by atoms with Crippen molar-refractivity contribution >= 4 is 29.2 Å². The number of carbonyl (C=O) groups is 2. The molecule has 1 aromatic rings. The molecule has 1 aromatic carbocycles. The van der Waals surface area contributed by atoms with Gasteiger partial charge in [-0.15, -0.1) is 0 Å². The summed E-state index contributed by atoms with van der Waals surface area (Å²) in [7, 11) is 0. The van der Waals surface area contributed by atoms with Gasteiger partial charge in [-0.3, -0.25) is 14.9 Å². The van der Waals surface area contributed by atoms with Crippen LogP contribution in [0.5, 0.6) is 0 Å². The Morgan fingerprint density at radius 2 is 1.95 bits per heavy atom. The topological polar surface area (TPSA) is 127 Å². The van der Waals surface area contributed by atoms with Gasteiger partial charge in [0.05, 0.1) is 4.92 Å². The Morgan fingerprint density at radius 1 is 1.32 bits per heavy atom. The number of nitrogens with one attached hydrogen (secondary N) is 2. The van der Waals surface area contributed by atoms with Crippen LogP contribution in [0.15, 0.2) is 18.2 Å². The zero-order chi connectivity index (χ0) is 14.4. The molecular formula is C10H11ClN4O4. The largest absolute Gasteiger partial charge is 0.352 e. The maximum atomic E-state index is 11.7. The van der Waals surface area contributed by atoms with Crippen LogP contribution in [0.2, 0.25) is 5.02 Å². The molecule has 0 unspecified atom stereocenters. The summed E-state index contributed by atoms with van der Waals surface area (Å²) >= 11 is 5.69. The van der Waals surface area contributed by atoms with Crippen LogP contribution in [-0.4, -0.2) is 30.0 Å². The zero-order valence-electron chi connectivity index (χ0n) is 9.68. The smallest absolute Gasteiger partial charge is 0.312 e. The minimum absolute atomic E-state index is 0.0887. The van der Waals surface area contributed by atoms with Gasteiger partial charge in [0.2, 0.25) is 0 Å². The molecule has 0 aromatic heterocycles. The van der Waals surface area contributed by atoms with Crippen molar-refractivity contribution in [1.82, 2.24) is 10.6 Å². The Balaban J connectivity index is 2.73. The molecule has 0 saturated heterocycles. The second-order valence-electron chi connectivity index (χ2n) is 3.47. The van der Waals surface area contributed by atoms with Crippen LogP contribution in [0, 0.1) is 10.1 Å². The van der Waals surface area contributed by atoms with Crippen molar-refractivity contribution in [3.05, 3.63) is 38.9 Å². The van der Waals surface area contributed by atoms with Crippen LogP contribution in [0.25, 0.3) is 0 Å². The lowest BCUT2D eigenvalue weighted by atomic mass is 10.1. The second kappa shape index (κ2) is 6.55. The number of nitro groups is 1. The molecule has 0 saturated carbocycles. The third-order valence-electron chi connectivity index (χ3n) is 2.11. The van der Waals surface area contributed by atoms with E-state index in [2.05, 4.69) is 10.6 Å². The number of nitro benzene ring substituents is 1. The highest BCUT2D eigenvalue weighted by Crippen LogP contribution is 2.22. The van der Waals surface area contributed by atoms with Crippen LogP contribution in [0.3, 0.4) is 0 Å². The third-order valence-corrected chi connectivity index (χ3v) is 2.34. The molecule has 0 aliphatic carbocycles.